The van der Waals surface area contributed by atoms with Gasteiger partial charge in [0.15, 0.2) is 0 Å². The molecule has 1 aliphatic rings. The third-order valence-electron chi connectivity index (χ3n) is 5.07. The average molecular weight is 398 g/mol. The number of amidine groups is 1. The molecule has 1 aromatic carbocycles. The fourth-order valence-electron chi connectivity index (χ4n) is 3.21. The van der Waals surface area contributed by atoms with E-state index in [1.54, 1.807) is 30.3 Å². The van der Waals surface area contributed by atoms with Crippen LogP contribution in [0.3, 0.4) is 0 Å². The summed E-state index contributed by atoms with van der Waals surface area (Å²) >= 11 is 0. The lowest BCUT2D eigenvalue weighted by molar-refractivity contribution is -0.140. The lowest BCUT2D eigenvalue weighted by atomic mass is 9.72. The summed E-state index contributed by atoms with van der Waals surface area (Å²) in [6.07, 6.45) is 2.66. The van der Waals surface area contributed by atoms with Crippen molar-refractivity contribution < 1.29 is 19.5 Å². The Morgan fingerprint density at radius 1 is 1.17 bits per heavy atom. The summed E-state index contributed by atoms with van der Waals surface area (Å²) in [5.41, 5.74) is 6.83. The molecule has 10 heteroatoms. The molecule has 0 aliphatic heterocycles. The van der Waals surface area contributed by atoms with E-state index in [0.29, 0.717) is 29.8 Å². The second kappa shape index (κ2) is 8.55. The Labute approximate surface area is 166 Å². The number of carbonyl (C=O) groups excluding carboxylic acids is 2. The highest BCUT2D eigenvalue weighted by molar-refractivity contribution is 5.98. The third kappa shape index (κ3) is 4.60. The predicted octanol–water partition coefficient (Wildman–Crippen LogP) is 0.643. The van der Waals surface area contributed by atoms with Crippen LogP contribution in [0.15, 0.2) is 36.5 Å². The number of nitrogens with two attached hydrogens (primary N) is 1. The van der Waals surface area contributed by atoms with Gasteiger partial charge in [-0.1, -0.05) is 0 Å². The first kappa shape index (κ1) is 20.1. The Hall–Kier alpha value is -3.69. The molecular formula is C19H22N6O4. The molecule has 1 heterocycles. The van der Waals surface area contributed by atoms with Crippen LogP contribution >= 0.6 is 0 Å². The monoisotopic (exact) mass is 398 g/mol. The second-order valence-electron chi connectivity index (χ2n) is 6.91. The Morgan fingerprint density at radius 3 is 2.34 bits per heavy atom. The Balaban J connectivity index is 1.54. The topological polar surface area (TPSA) is 174 Å². The number of rotatable bonds is 8. The van der Waals surface area contributed by atoms with Crippen LogP contribution in [0.1, 0.15) is 30.0 Å². The normalized spacial score (nSPS) is 18.9. The maximum atomic E-state index is 12.5. The highest BCUT2D eigenvalue weighted by atomic mass is 16.4. The van der Waals surface area contributed by atoms with Gasteiger partial charge in [-0.2, -0.15) is 5.10 Å². The van der Waals surface area contributed by atoms with Gasteiger partial charge in [-0.15, -0.1) is 0 Å². The number of carbonyl (C=O) groups is 3. The molecule has 0 bridgehead atoms. The van der Waals surface area contributed by atoms with Crippen molar-refractivity contribution in [2.75, 3.05) is 11.9 Å². The Morgan fingerprint density at radius 2 is 1.83 bits per heavy atom. The van der Waals surface area contributed by atoms with Crippen molar-refractivity contribution in [3.05, 3.63) is 47.8 Å². The Kier molecular flexibility index (Phi) is 5.91. The van der Waals surface area contributed by atoms with Crippen LogP contribution in [0.5, 0.6) is 0 Å². The molecule has 29 heavy (non-hydrogen) atoms. The van der Waals surface area contributed by atoms with Crippen molar-refractivity contribution in [2.24, 2.45) is 17.6 Å². The van der Waals surface area contributed by atoms with E-state index in [1.165, 1.54) is 6.20 Å². The van der Waals surface area contributed by atoms with Gasteiger partial charge in [0.2, 0.25) is 11.8 Å². The number of nitrogen functional groups attached to an aromatic ring is 1. The first-order valence-electron chi connectivity index (χ1n) is 9.12. The first-order valence-corrected chi connectivity index (χ1v) is 9.12. The molecule has 2 aromatic rings. The molecule has 0 spiro atoms. The van der Waals surface area contributed by atoms with E-state index in [4.69, 9.17) is 11.1 Å². The van der Waals surface area contributed by atoms with Crippen LogP contribution in [0.2, 0.25) is 0 Å². The van der Waals surface area contributed by atoms with E-state index < -0.39 is 23.7 Å². The van der Waals surface area contributed by atoms with E-state index in [1.807, 2.05) is 0 Å². The lowest BCUT2D eigenvalue weighted by Gasteiger charge is -2.34. The first-order chi connectivity index (χ1) is 13.9. The van der Waals surface area contributed by atoms with Crippen LogP contribution in [-0.2, 0) is 14.4 Å². The van der Waals surface area contributed by atoms with E-state index >= 15 is 0 Å². The van der Waals surface area contributed by atoms with Gasteiger partial charge < -0.3 is 21.5 Å². The zero-order valence-corrected chi connectivity index (χ0v) is 15.5. The number of hydrogen-bond donors (Lipinski definition) is 6. The summed E-state index contributed by atoms with van der Waals surface area (Å²) in [5.74, 6) is -3.70. The fraction of sp³-hybridized carbons (Fsp3) is 0.316. The number of hydrogen-bond acceptors (Lipinski definition) is 5. The van der Waals surface area contributed by atoms with Crippen LogP contribution < -0.4 is 16.4 Å². The molecule has 3 atom stereocenters. The molecule has 2 amide bonds. The smallest absolute Gasteiger partial charge is 0.314 e. The predicted molar refractivity (Wildman–Crippen MR) is 104 cm³/mol. The van der Waals surface area contributed by atoms with Gasteiger partial charge in [-0.05, 0) is 43.2 Å². The molecule has 7 N–H and O–H groups in total. The van der Waals surface area contributed by atoms with Gasteiger partial charge >= 0.3 is 5.97 Å². The van der Waals surface area contributed by atoms with E-state index in [0.717, 1.165) is 0 Å². The highest BCUT2D eigenvalue weighted by Gasteiger charge is 2.41. The summed E-state index contributed by atoms with van der Waals surface area (Å²) in [6.45, 7) is -0.101. The number of aromatic amines is 1. The molecule has 1 aromatic heterocycles. The van der Waals surface area contributed by atoms with Gasteiger partial charge in [0.05, 0.1) is 5.69 Å². The van der Waals surface area contributed by atoms with Gasteiger partial charge in [0.1, 0.15) is 11.8 Å². The van der Waals surface area contributed by atoms with Crippen molar-refractivity contribution >= 4 is 29.3 Å². The van der Waals surface area contributed by atoms with Crippen LogP contribution in [0.25, 0.3) is 0 Å². The van der Waals surface area contributed by atoms with Crippen molar-refractivity contribution in [3.8, 4) is 0 Å². The second-order valence-corrected chi connectivity index (χ2v) is 6.91. The number of anilines is 1. The Bertz CT molecular complexity index is 909. The summed E-state index contributed by atoms with van der Waals surface area (Å²) < 4.78 is 0. The average Bonchev–Trinajstić information content (AvgIpc) is 3.15. The van der Waals surface area contributed by atoms with Crippen molar-refractivity contribution in [2.45, 2.75) is 18.8 Å². The maximum absolute atomic E-state index is 12.5. The van der Waals surface area contributed by atoms with Crippen LogP contribution in [0, 0.1) is 17.2 Å². The number of H-pyrrole nitrogens is 1. The summed E-state index contributed by atoms with van der Waals surface area (Å²) in [5, 5.41) is 28.5. The molecule has 10 nitrogen and oxygen atoms in total. The summed E-state index contributed by atoms with van der Waals surface area (Å²) in [6, 6.07) is 8.09. The SMILES string of the molecule is N=C(N)c1ccc(NC(=O)C2CCC2C(=O)NCC(C(=O)O)c2cc[nH]n2)cc1. The minimum absolute atomic E-state index is 0.0619. The highest BCUT2D eigenvalue weighted by Crippen LogP contribution is 2.35. The molecule has 3 rings (SSSR count). The van der Waals surface area contributed by atoms with Crippen LogP contribution in [0.4, 0.5) is 5.69 Å². The van der Waals surface area contributed by atoms with Crippen molar-refractivity contribution in [3.63, 3.8) is 0 Å². The molecule has 1 aliphatic carbocycles. The fourth-order valence-corrected chi connectivity index (χ4v) is 3.21. The van der Waals surface area contributed by atoms with Gasteiger partial charge in [-0.25, -0.2) is 0 Å². The quantitative estimate of drug-likeness (QED) is 0.281. The lowest BCUT2D eigenvalue weighted by Crippen LogP contribution is -2.47. The van der Waals surface area contributed by atoms with Crippen molar-refractivity contribution in [1.82, 2.24) is 15.5 Å². The van der Waals surface area contributed by atoms with E-state index in [9.17, 15) is 19.5 Å². The number of nitrogens with one attached hydrogen (secondary N) is 4. The molecule has 3 unspecified atom stereocenters. The maximum Gasteiger partial charge on any atom is 0.314 e. The number of benzene rings is 1. The zero-order valence-electron chi connectivity index (χ0n) is 15.5. The molecule has 0 radical (unpaired) electrons. The molecule has 1 saturated carbocycles. The van der Waals surface area contributed by atoms with Gasteiger partial charge in [0, 0.05) is 35.8 Å². The minimum Gasteiger partial charge on any atom is -0.481 e. The molecule has 1 fully saturated rings. The number of carboxylic acid groups (broad SMARTS) is 1. The number of amides is 2. The van der Waals surface area contributed by atoms with Gasteiger partial charge in [0.25, 0.3) is 0 Å². The standard InChI is InChI=1S/C19H22N6O4/c20-16(21)10-1-3-11(4-2-10)24-18(27)13-6-5-12(13)17(26)22-9-14(19(28)29)15-7-8-23-25-15/h1-4,7-8,12-14H,5-6,9H2,(H3,20,21)(H,22,26)(H,23,25)(H,24,27)(H,28,29). The summed E-state index contributed by atoms with van der Waals surface area (Å²) in [7, 11) is 0. The van der Waals surface area contributed by atoms with Crippen LogP contribution in [-0.4, -0.2) is 45.5 Å². The summed E-state index contributed by atoms with van der Waals surface area (Å²) in [4.78, 5) is 36.4. The van der Waals surface area contributed by atoms with Crippen molar-refractivity contribution in [1.29, 1.82) is 5.41 Å². The van der Waals surface area contributed by atoms with E-state index in [2.05, 4.69) is 20.8 Å². The minimum atomic E-state index is -1.09. The van der Waals surface area contributed by atoms with Gasteiger partial charge in [-0.3, -0.25) is 24.9 Å². The number of carboxylic acids is 1. The molecule has 0 saturated heterocycles. The van der Waals surface area contributed by atoms with E-state index in [-0.39, 0.29) is 24.2 Å². The number of nitrogens with zero attached hydrogens (tertiary/aromatic N) is 1. The zero-order chi connectivity index (χ0) is 21.0. The molecular weight excluding hydrogens is 376 g/mol. The largest absolute Gasteiger partial charge is 0.481 e. The third-order valence-corrected chi connectivity index (χ3v) is 5.07. The number of aromatic nitrogens is 2. The number of aliphatic carboxylic acids is 1. The molecule has 152 valence electrons.